The van der Waals surface area contributed by atoms with Gasteiger partial charge in [-0.1, -0.05) is 181 Å². The highest BCUT2D eigenvalue weighted by Gasteiger charge is 2.35. The van der Waals surface area contributed by atoms with Crippen LogP contribution in [0.1, 0.15) is 129 Å². The Kier molecular flexibility index (Phi) is 11.2. The van der Waals surface area contributed by atoms with Gasteiger partial charge < -0.3 is 4.74 Å². The van der Waals surface area contributed by atoms with Crippen molar-refractivity contribution in [2.24, 2.45) is 0 Å². The summed E-state index contributed by atoms with van der Waals surface area (Å²) in [6.07, 6.45) is 5.87. The summed E-state index contributed by atoms with van der Waals surface area (Å²) < 4.78 is 14.0. The molecule has 67 heavy (non-hydrogen) atoms. The maximum Gasteiger partial charge on any atom is 0.269 e. The molecule has 0 bridgehead atoms. The van der Waals surface area contributed by atoms with Gasteiger partial charge in [-0.25, -0.2) is 4.98 Å². The van der Waals surface area contributed by atoms with Gasteiger partial charge in [0, 0.05) is 33.9 Å². The van der Waals surface area contributed by atoms with Crippen LogP contribution in [0.2, 0.25) is 0 Å². The number of fused-ring (bicyclic) bond motifs is 3. The van der Waals surface area contributed by atoms with Crippen molar-refractivity contribution >= 4 is 21.8 Å². The molecule has 9 rings (SSSR count). The van der Waals surface area contributed by atoms with Crippen molar-refractivity contribution in [1.82, 2.24) is 14.1 Å². The summed E-state index contributed by atoms with van der Waals surface area (Å²) in [5.41, 5.74) is 11.8. The van der Waals surface area contributed by atoms with E-state index in [9.17, 15) is 0 Å². The lowest BCUT2D eigenvalue weighted by molar-refractivity contribution is -0.611. The third-order valence-corrected chi connectivity index (χ3v) is 13.7. The Hall–Kier alpha value is -6.72. The molecule has 340 valence electrons. The lowest BCUT2D eigenvalue weighted by Crippen LogP contribution is -2.40. The minimum Gasteiger partial charge on any atom is -0.458 e. The summed E-state index contributed by atoms with van der Waals surface area (Å²) in [7, 11) is 0. The minimum absolute atomic E-state index is 0.0256. The number of imidazole rings is 1. The van der Waals surface area contributed by atoms with Gasteiger partial charge in [-0.05, 0) is 105 Å². The van der Waals surface area contributed by atoms with Gasteiger partial charge in [-0.2, -0.15) is 0 Å². The van der Waals surface area contributed by atoms with E-state index in [4.69, 9.17) is 9.72 Å². The van der Waals surface area contributed by atoms with E-state index < -0.39 is 0 Å². The van der Waals surface area contributed by atoms with Gasteiger partial charge in [-0.15, -0.1) is 0 Å². The number of hydrogen-bond donors (Lipinski definition) is 0. The number of pyridine rings is 1. The first-order chi connectivity index (χ1) is 31.6. The largest absolute Gasteiger partial charge is 0.458 e. The second kappa shape index (κ2) is 16.6. The summed E-state index contributed by atoms with van der Waals surface area (Å²) in [6, 6.07) is 56.8. The van der Waals surface area contributed by atoms with E-state index in [1.165, 1.54) is 39.0 Å². The molecule has 0 atom stereocenters. The van der Waals surface area contributed by atoms with E-state index in [2.05, 4.69) is 268 Å². The van der Waals surface area contributed by atoms with Crippen LogP contribution in [0.3, 0.4) is 0 Å². The molecule has 0 aliphatic carbocycles. The van der Waals surface area contributed by atoms with Crippen molar-refractivity contribution in [3.05, 3.63) is 209 Å². The van der Waals surface area contributed by atoms with Crippen molar-refractivity contribution < 1.29 is 9.30 Å². The molecule has 5 heteroatoms. The Morgan fingerprint density at radius 2 is 1.04 bits per heavy atom. The average Bonchev–Trinajstić information content (AvgIpc) is 3.88. The molecule has 9 aromatic rings. The molecule has 0 radical (unpaired) electrons. The Labute approximate surface area is 398 Å². The molecule has 0 amide bonds. The SMILES string of the molecule is CC(C)(C)c1ccnc(-n2c3ccccc3c3ccc(Oc4cc(-n5[c-][n+](-c6ccc(C(C)(C)c7ccccc7)cc6)c(C(C)(C)C)c5C(C)(C)C)cc(C(C)(C)c5ccccc5)c4)cc32)c1. The second-order valence-electron chi connectivity index (χ2n) is 22.5. The van der Waals surface area contributed by atoms with Crippen molar-refractivity contribution in [2.45, 2.75) is 117 Å². The third-order valence-electron chi connectivity index (χ3n) is 13.7. The molecule has 0 saturated heterocycles. The molecular weight excluding hydrogens is 817 g/mol. The number of benzene rings is 6. The molecule has 5 nitrogen and oxygen atoms in total. The Morgan fingerprint density at radius 3 is 1.66 bits per heavy atom. The first kappa shape index (κ1) is 45.4. The van der Waals surface area contributed by atoms with Gasteiger partial charge in [0.15, 0.2) is 0 Å². The third kappa shape index (κ3) is 8.50. The summed E-state index contributed by atoms with van der Waals surface area (Å²) in [6.45, 7) is 29.8. The zero-order valence-electron chi connectivity index (χ0n) is 41.8. The van der Waals surface area contributed by atoms with E-state index in [0.717, 1.165) is 50.7 Å². The lowest BCUT2D eigenvalue weighted by Gasteiger charge is -2.31. The highest BCUT2D eigenvalue weighted by molar-refractivity contribution is 6.09. The second-order valence-corrected chi connectivity index (χ2v) is 22.5. The molecule has 3 heterocycles. The van der Waals surface area contributed by atoms with Gasteiger partial charge in [0.05, 0.1) is 33.8 Å². The molecule has 3 aromatic heterocycles. The number of hydrogen-bond acceptors (Lipinski definition) is 2. The quantitative estimate of drug-likeness (QED) is 0.107. The van der Waals surface area contributed by atoms with E-state index in [1.807, 2.05) is 6.20 Å². The van der Waals surface area contributed by atoms with Gasteiger partial charge in [0.2, 0.25) is 0 Å². The molecule has 0 unspecified atom stereocenters. The highest BCUT2D eigenvalue weighted by atomic mass is 16.5. The lowest BCUT2D eigenvalue weighted by atomic mass is 9.78. The van der Waals surface area contributed by atoms with E-state index in [0.29, 0.717) is 0 Å². The zero-order chi connectivity index (χ0) is 47.7. The first-order valence-corrected chi connectivity index (χ1v) is 23.8. The van der Waals surface area contributed by atoms with E-state index in [-0.39, 0.29) is 27.1 Å². The predicted octanol–water partition coefficient (Wildman–Crippen LogP) is 15.4. The number of nitrogens with zero attached hydrogens (tertiary/aromatic N) is 4. The Bertz CT molecular complexity index is 3240. The molecule has 0 saturated carbocycles. The fourth-order valence-electron chi connectivity index (χ4n) is 9.77. The summed E-state index contributed by atoms with van der Waals surface area (Å²) in [4.78, 5) is 4.94. The summed E-state index contributed by atoms with van der Waals surface area (Å²) >= 11 is 0. The van der Waals surface area contributed by atoms with Gasteiger partial charge in [-0.3, -0.25) is 13.7 Å². The van der Waals surface area contributed by atoms with Crippen LogP contribution in [-0.2, 0) is 27.1 Å². The molecule has 0 N–H and O–H groups in total. The van der Waals surface area contributed by atoms with E-state index >= 15 is 0 Å². The minimum atomic E-state index is -0.352. The van der Waals surface area contributed by atoms with Crippen molar-refractivity contribution in [3.63, 3.8) is 0 Å². The van der Waals surface area contributed by atoms with Crippen molar-refractivity contribution in [2.75, 3.05) is 0 Å². The summed E-state index contributed by atoms with van der Waals surface area (Å²) in [5.74, 6) is 2.39. The molecule has 0 aliphatic heterocycles. The smallest absolute Gasteiger partial charge is 0.269 e. The number of rotatable bonds is 9. The van der Waals surface area contributed by atoms with Crippen LogP contribution in [0.5, 0.6) is 11.5 Å². The van der Waals surface area contributed by atoms with Crippen molar-refractivity contribution in [1.29, 1.82) is 0 Å². The number of ether oxygens (including phenoxy) is 1. The van der Waals surface area contributed by atoms with Crippen LogP contribution < -0.4 is 9.30 Å². The Morgan fingerprint density at radius 1 is 0.463 bits per heavy atom. The summed E-state index contributed by atoms with van der Waals surface area (Å²) in [5, 5.41) is 2.33. The van der Waals surface area contributed by atoms with Crippen LogP contribution in [0, 0.1) is 6.33 Å². The fraction of sp³-hybridized carbons (Fsp3) is 0.290. The maximum atomic E-state index is 7.11. The standard InChI is InChI=1S/C62H66N4O/c1-58(2,3)45-34-35-63-55(38-45)66-53-27-21-20-26-51(53)52-33-32-49(40-54(52)66)67-50-37-46(62(12,13)43-24-18-15-19-25-43)36-48(39-50)65-41-64(56(59(4,5)6)57(65)60(7,8)9)47-30-28-44(29-31-47)61(10,11)42-22-16-14-17-23-42/h14-40H,1-13H3. The predicted molar refractivity (Wildman–Crippen MR) is 278 cm³/mol. The van der Waals surface area contributed by atoms with Gasteiger partial charge in [0.25, 0.3) is 6.33 Å². The van der Waals surface area contributed by atoms with Crippen LogP contribution in [0.4, 0.5) is 0 Å². The van der Waals surface area contributed by atoms with Crippen molar-refractivity contribution in [3.8, 4) is 28.7 Å². The van der Waals surface area contributed by atoms with Crippen LogP contribution >= 0.6 is 0 Å². The molecule has 6 aromatic carbocycles. The fourth-order valence-corrected chi connectivity index (χ4v) is 9.77. The number of para-hydroxylation sites is 1. The van der Waals surface area contributed by atoms with Crippen LogP contribution in [0.15, 0.2) is 164 Å². The maximum absolute atomic E-state index is 7.11. The highest BCUT2D eigenvalue weighted by Crippen LogP contribution is 2.41. The van der Waals surface area contributed by atoms with E-state index in [1.54, 1.807) is 0 Å². The molecule has 0 fully saturated rings. The monoisotopic (exact) mass is 883 g/mol. The Balaban J connectivity index is 1.22. The zero-order valence-corrected chi connectivity index (χ0v) is 41.8. The topological polar surface area (TPSA) is 35.9 Å². The molecule has 0 spiro atoms. The van der Waals surface area contributed by atoms with Gasteiger partial charge in [0.1, 0.15) is 17.3 Å². The van der Waals surface area contributed by atoms with Gasteiger partial charge >= 0.3 is 0 Å². The normalized spacial score (nSPS) is 12.9. The average molecular weight is 883 g/mol. The van der Waals surface area contributed by atoms with Crippen LogP contribution in [0.25, 0.3) is 39.0 Å². The molecule has 0 aliphatic rings. The number of aromatic nitrogens is 4. The molecular formula is C62H66N4O. The first-order valence-electron chi connectivity index (χ1n) is 23.8. The van der Waals surface area contributed by atoms with Crippen LogP contribution in [-0.4, -0.2) is 14.1 Å².